The first-order chi connectivity index (χ1) is 14.5. The summed E-state index contributed by atoms with van der Waals surface area (Å²) in [5.41, 5.74) is 0.900. The third-order valence-electron chi connectivity index (χ3n) is 7.79. The largest absolute Gasteiger partial charge is 0.206 e. The molecule has 0 spiro atoms. The third-order valence-corrected chi connectivity index (χ3v) is 7.79. The van der Waals surface area contributed by atoms with Crippen LogP contribution in [0.1, 0.15) is 82.3 Å². The maximum Gasteiger partial charge on any atom is 0.169 e. The van der Waals surface area contributed by atoms with Crippen molar-refractivity contribution in [1.29, 1.82) is 0 Å². The monoisotopic (exact) mass is 414 g/mol. The van der Waals surface area contributed by atoms with Gasteiger partial charge in [0.15, 0.2) is 11.6 Å². The van der Waals surface area contributed by atoms with Gasteiger partial charge in [-0.3, -0.25) is 0 Å². The lowest BCUT2D eigenvalue weighted by Crippen LogP contribution is -2.30. The molecule has 0 nitrogen and oxygen atoms in total. The first kappa shape index (κ1) is 21.5. The van der Waals surface area contributed by atoms with Crippen LogP contribution in [0.5, 0.6) is 0 Å². The molecule has 2 saturated carbocycles. The highest BCUT2D eigenvalue weighted by Gasteiger charge is 2.36. The quantitative estimate of drug-likeness (QED) is 0.430. The van der Waals surface area contributed by atoms with E-state index < -0.39 is 17.5 Å². The number of aryl methyl sites for hydroxylation is 1. The first-order valence-corrected chi connectivity index (χ1v) is 11.7. The van der Waals surface area contributed by atoms with Crippen molar-refractivity contribution >= 4 is 10.8 Å². The van der Waals surface area contributed by atoms with Crippen LogP contribution in [0.2, 0.25) is 0 Å². The van der Waals surface area contributed by atoms with Crippen molar-refractivity contribution in [1.82, 2.24) is 0 Å². The lowest BCUT2D eigenvalue weighted by Gasteiger charge is -2.42. The fourth-order valence-electron chi connectivity index (χ4n) is 5.98. The average molecular weight is 415 g/mol. The van der Waals surface area contributed by atoms with Crippen molar-refractivity contribution in [2.24, 2.45) is 17.8 Å². The zero-order chi connectivity index (χ0) is 21.3. The summed E-state index contributed by atoms with van der Waals surface area (Å²) in [5, 5.41) is 0.291. The van der Waals surface area contributed by atoms with Crippen LogP contribution < -0.4 is 0 Å². The molecule has 0 saturated heterocycles. The minimum atomic E-state index is -1.01. The second-order valence-electron chi connectivity index (χ2n) is 9.46. The van der Waals surface area contributed by atoms with E-state index in [1.165, 1.54) is 25.7 Å². The fraction of sp³-hybridized carbons (Fsp3) is 0.556. The van der Waals surface area contributed by atoms with E-state index in [0.717, 1.165) is 31.1 Å². The summed E-state index contributed by atoms with van der Waals surface area (Å²) in [6.45, 7) is 4.19. The molecule has 0 aliphatic heterocycles. The van der Waals surface area contributed by atoms with Crippen molar-refractivity contribution in [3.8, 4) is 0 Å². The minimum absolute atomic E-state index is 0.0424. The molecule has 0 bridgehead atoms. The molecule has 0 radical (unpaired) electrons. The van der Waals surface area contributed by atoms with Gasteiger partial charge >= 0.3 is 0 Å². The normalized spacial score (nSPS) is 27.0. The van der Waals surface area contributed by atoms with Gasteiger partial charge in [0.05, 0.1) is 5.39 Å². The van der Waals surface area contributed by atoms with Crippen LogP contribution in [0.4, 0.5) is 13.2 Å². The van der Waals surface area contributed by atoms with Crippen LogP contribution in [-0.2, 0) is 6.42 Å². The molecule has 2 aliphatic rings. The maximum atomic E-state index is 15.1. The highest BCUT2D eigenvalue weighted by atomic mass is 19.2. The second-order valence-corrected chi connectivity index (χ2v) is 9.46. The van der Waals surface area contributed by atoms with E-state index in [2.05, 4.69) is 6.92 Å². The van der Waals surface area contributed by atoms with Crippen molar-refractivity contribution in [2.45, 2.75) is 77.6 Å². The molecule has 3 heteroatoms. The smallest absolute Gasteiger partial charge is 0.169 e. The molecular weight excluding hydrogens is 381 g/mol. The number of rotatable bonds is 5. The maximum absolute atomic E-state index is 15.1. The molecule has 2 aromatic rings. The van der Waals surface area contributed by atoms with Crippen molar-refractivity contribution in [2.75, 3.05) is 0 Å². The molecule has 4 atom stereocenters. The first-order valence-electron chi connectivity index (χ1n) is 11.7. The van der Waals surface area contributed by atoms with Gasteiger partial charge in [-0.2, -0.15) is 0 Å². The molecule has 4 unspecified atom stereocenters. The van der Waals surface area contributed by atoms with E-state index >= 15 is 8.78 Å². The second kappa shape index (κ2) is 9.16. The van der Waals surface area contributed by atoms with E-state index in [9.17, 15) is 4.39 Å². The summed E-state index contributed by atoms with van der Waals surface area (Å²) in [4.78, 5) is 0. The van der Waals surface area contributed by atoms with E-state index in [0.29, 0.717) is 35.3 Å². The summed E-state index contributed by atoms with van der Waals surface area (Å²) < 4.78 is 45.1. The van der Waals surface area contributed by atoms with E-state index in [4.69, 9.17) is 0 Å². The van der Waals surface area contributed by atoms with Gasteiger partial charge in [0.1, 0.15) is 5.82 Å². The van der Waals surface area contributed by atoms with Crippen molar-refractivity contribution < 1.29 is 13.2 Å². The Morgan fingerprint density at radius 1 is 0.933 bits per heavy atom. The van der Waals surface area contributed by atoms with Gasteiger partial charge < -0.3 is 0 Å². The predicted molar refractivity (Wildman–Crippen MR) is 118 cm³/mol. The standard InChI is InChI=1S/C27H33F3/c1-3-5-6-7-18-10-13-22-16-23(26(29)27(30)24(22)25(18)28)21-12-11-19-14-17(4-2)8-9-20(19)15-21/h3,5,10,13,16-17,19-21H,4,6-9,11-12,14-15H2,1-2H3. The van der Waals surface area contributed by atoms with Gasteiger partial charge in [-0.05, 0) is 98.1 Å². The Morgan fingerprint density at radius 3 is 2.47 bits per heavy atom. The number of halogens is 3. The molecule has 0 heterocycles. The molecule has 4 rings (SSSR count). The molecule has 0 N–H and O–H groups in total. The van der Waals surface area contributed by atoms with Gasteiger partial charge in [-0.15, -0.1) is 0 Å². The number of hydrogen-bond donors (Lipinski definition) is 0. The van der Waals surface area contributed by atoms with Gasteiger partial charge in [0, 0.05) is 0 Å². The van der Waals surface area contributed by atoms with Crippen molar-refractivity contribution in [3.05, 3.63) is 58.9 Å². The van der Waals surface area contributed by atoms with E-state index in [1.54, 1.807) is 18.2 Å². The summed E-state index contributed by atoms with van der Waals surface area (Å²) in [5.74, 6) is -0.215. The molecule has 0 aromatic heterocycles. The molecule has 2 aromatic carbocycles. The summed E-state index contributed by atoms with van der Waals surface area (Å²) in [6, 6.07) is 5.20. The average Bonchev–Trinajstić information content (AvgIpc) is 2.77. The molecular formula is C27H33F3. The van der Waals surface area contributed by atoms with E-state index in [1.807, 2.05) is 19.1 Å². The predicted octanol–water partition coefficient (Wildman–Crippen LogP) is 8.48. The van der Waals surface area contributed by atoms with Crippen LogP contribution in [0.25, 0.3) is 10.8 Å². The van der Waals surface area contributed by atoms with Crippen LogP contribution in [0, 0.1) is 35.2 Å². The number of hydrogen-bond acceptors (Lipinski definition) is 0. The zero-order valence-corrected chi connectivity index (χ0v) is 18.2. The van der Waals surface area contributed by atoms with Crippen LogP contribution in [0.15, 0.2) is 30.4 Å². The molecule has 30 heavy (non-hydrogen) atoms. The number of fused-ring (bicyclic) bond motifs is 2. The van der Waals surface area contributed by atoms with Crippen LogP contribution in [0.3, 0.4) is 0 Å². The molecule has 162 valence electrons. The Hall–Kier alpha value is -1.77. The van der Waals surface area contributed by atoms with Gasteiger partial charge in [-0.1, -0.05) is 44.1 Å². The lowest BCUT2D eigenvalue weighted by atomic mass is 9.63. The van der Waals surface area contributed by atoms with Gasteiger partial charge in [0.2, 0.25) is 0 Å². The summed E-state index contributed by atoms with van der Waals surface area (Å²) >= 11 is 0. The van der Waals surface area contributed by atoms with Crippen LogP contribution >= 0.6 is 0 Å². The summed E-state index contributed by atoms with van der Waals surface area (Å²) in [6.07, 6.45) is 13.0. The van der Waals surface area contributed by atoms with Gasteiger partial charge in [0.25, 0.3) is 0 Å². The molecule has 0 amide bonds. The zero-order valence-electron chi connectivity index (χ0n) is 18.2. The van der Waals surface area contributed by atoms with Crippen LogP contribution in [-0.4, -0.2) is 0 Å². The number of benzene rings is 2. The summed E-state index contributed by atoms with van der Waals surface area (Å²) in [7, 11) is 0. The Kier molecular flexibility index (Phi) is 6.55. The topological polar surface area (TPSA) is 0 Å². The number of allylic oxidation sites excluding steroid dienone is 2. The van der Waals surface area contributed by atoms with E-state index in [-0.39, 0.29) is 11.3 Å². The van der Waals surface area contributed by atoms with Crippen molar-refractivity contribution in [3.63, 3.8) is 0 Å². The Bertz CT molecular complexity index is 930. The highest BCUT2D eigenvalue weighted by Crippen LogP contribution is 2.49. The Labute approximate surface area is 178 Å². The molecule has 2 aliphatic carbocycles. The lowest BCUT2D eigenvalue weighted by molar-refractivity contribution is 0.115. The minimum Gasteiger partial charge on any atom is -0.206 e. The Balaban J connectivity index is 1.61. The SMILES string of the molecule is CC=CCCc1ccc2cc(C3CCC4CC(CC)CCC4C3)c(F)c(F)c2c1F. The molecule has 2 fully saturated rings. The fourth-order valence-corrected chi connectivity index (χ4v) is 5.98. The van der Waals surface area contributed by atoms with Gasteiger partial charge in [-0.25, -0.2) is 13.2 Å². The Morgan fingerprint density at radius 2 is 1.70 bits per heavy atom. The highest BCUT2D eigenvalue weighted by molar-refractivity contribution is 5.85. The third kappa shape index (κ3) is 4.05.